The fourth-order valence-electron chi connectivity index (χ4n) is 3.21. The van der Waals surface area contributed by atoms with E-state index in [0.717, 1.165) is 37.0 Å². The molecule has 0 saturated carbocycles. The molecule has 1 N–H and O–H groups in total. The van der Waals surface area contributed by atoms with Gasteiger partial charge in [-0.25, -0.2) is 9.97 Å². The molecular formula is C17H20F3N5OS. The zero-order valence-corrected chi connectivity index (χ0v) is 15.6. The summed E-state index contributed by atoms with van der Waals surface area (Å²) in [6.45, 7) is 3.86. The lowest BCUT2D eigenvalue weighted by Crippen LogP contribution is -2.35. The van der Waals surface area contributed by atoms with Crippen molar-refractivity contribution in [1.82, 2.24) is 19.9 Å². The zero-order chi connectivity index (χ0) is 19.4. The highest BCUT2D eigenvalue weighted by Crippen LogP contribution is 2.28. The van der Waals surface area contributed by atoms with Crippen molar-refractivity contribution in [3.63, 3.8) is 0 Å². The number of nitrogens with zero attached hydrogens (tertiary/aromatic N) is 4. The Hall–Kier alpha value is -2.07. The van der Waals surface area contributed by atoms with Crippen molar-refractivity contribution >= 4 is 22.4 Å². The first-order valence-electron chi connectivity index (χ1n) is 8.62. The van der Waals surface area contributed by atoms with Crippen molar-refractivity contribution in [3.05, 3.63) is 34.9 Å². The van der Waals surface area contributed by atoms with Crippen LogP contribution >= 0.6 is 11.3 Å². The summed E-state index contributed by atoms with van der Waals surface area (Å²) in [4.78, 5) is 26.0. The topological polar surface area (TPSA) is 71.0 Å². The van der Waals surface area contributed by atoms with Crippen LogP contribution in [0.1, 0.15) is 36.0 Å². The van der Waals surface area contributed by atoms with E-state index in [1.165, 1.54) is 24.5 Å². The Morgan fingerprint density at radius 1 is 1.37 bits per heavy atom. The number of halogens is 3. The average molecular weight is 399 g/mol. The van der Waals surface area contributed by atoms with E-state index >= 15 is 0 Å². The third kappa shape index (κ3) is 5.70. The number of piperidine rings is 1. The minimum absolute atomic E-state index is 0.156. The van der Waals surface area contributed by atoms with Crippen LogP contribution < -0.4 is 5.32 Å². The number of nitrogens with one attached hydrogen (secondary N) is 1. The molecule has 0 bridgehead atoms. The first-order chi connectivity index (χ1) is 12.8. The van der Waals surface area contributed by atoms with Gasteiger partial charge in [-0.05, 0) is 31.7 Å². The SMILES string of the molecule is CC(=O)Nc1ncc(CN2CCC[C@@H](Cc3cncc(C(F)(F)F)n3)C2)s1. The predicted molar refractivity (Wildman–Crippen MR) is 95.2 cm³/mol. The van der Waals surface area contributed by atoms with Gasteiger partial charge in [-0.1, -0.05) is 0 Å². The second-order valence-corrected chi connectivity index (χ2v) is 7.77. The van der Waals surface area contributed by atoms with Crippen LogP contribution in [0.15, 0.2) is 18.6 Å². The molecule has 1 amide bonds. The quantitative estimate of drug-likeness (QED) is 0.835. The minimum atomic E-state index is -4.47. The maximum absolute atomic E-state index is 12.8. The standard InChI is InChI=1S/C17H20F3N5OS/c1-11(26)23-16-22-7-14(27-16)10-25-4-2-3-12(9-25)5-13-6-21-8-15(24-13)17(18,19)20/h6-8,12H,2-5,9-10H2,1H3,(H,22,23,26)/t12-/m0/s1. The molecule has 146 valence electrons. The van der Waals surface area contributed by atoms with Gasteiger partial charge in [0.05, 0.1) is 11.9 Å². The van der Waals surface area contributed by atoms with E-state index in [-0.39, 0.29) is 11.8 Å². The van der Waals surface area contributed by atoms with Crippen molar-refractivity contribution in [1.29, 1.82) is 0 Å². The van der Waals surface area contributed by atoms with Gasteiger partial charge < -0.3 is 5.32 Å². The molecule has 3 rings (SSSR count). The summed E-state index contributed by atoms with van der Waals surface area (Å²) >= 11 is 1.43. The molecule has 0 unspecified atom stereocenters. The molecule has 27 heavy (non-hydrogen) atoms. The summed E-state index contributed by atoms with van der Waals surface area (Å²) in [7, 11) is 0. The van der Waals surface area contributed by atoms with Crippen LogP contribution in [-0.4, -0.2) is 38.8 Å². The highest BCUT2D eigenvalue weighted by atomic mass is 32.1. The Balaban J connectivity index is 1.58. The number of carbonyl (C=O) groups excluding carboxylic acids is 1. The summed E-state index contributed by atoms with van der Waals surface area (Å²) in [5.74, 6) is 0.0791. The molecule has 0 aliphatic carbocycles. The number of carbonyl (C=O) groups is 1. The van der Waals surface area contributed by atoms with Crippen LogP contribution in [0, 0.1) is 5.92 Å². The van der Waals surface area contributed by atoms with E-state index in [2.05, 4.69) is 25.2 Å². The van der Waals surface area contributed by atoms with Crippen LogP contribution in [-0.2, 0) is 23.9 Å². The first-order valence-corrected chi connectivity index (χ1v) is 9.44. The van der Waals surface area contributed by atoms with Crippen LogP contribution in [0.2, 0.25) is 0 Å². The van der Waals surface area contributed by atoms with Crippen molar-refractivity contribution in [2.24, 2.45) is 5.92 Å². The van der Waals surface area contributed by atoms with Gasteiger partial charge in [-0.15, -0.1) is 11.3 Å². The Bertz CT molecular complexity index is 795. The number of anilines is 1. The molecule has 1 fully saturated rings. The molecule has 2 aromatic rings. The number of aromatic nitrogens is 3. The number of likely N-dealkylation sites (tertiary alicyclic amines) is 1. The largest absolute Gasteiger partial charge is 0.434 e. The van der Waals surface area contributed by atoms with E-state index in [9.17, 15) is 18.0 Å². The Morgan fingerprint density at radius 2 is 2.19 bits per heavy atom. The molecule has 3 heterocycles. The third-order valence-corrected chi connectivity index (χ3v) is 5.19. The lowest BCUT2D eigenvalue weighted by Gasteiger charge is -2.32. The van der Waals surface area contributed by atoms with Crippen LogP contribution in [0.5, 0.6) is 0 Å². The third-order valence-electron chi connectivity index (χ3n) is 4.29. The van der Waals surface area contributed by atoms with Crippen LogP contribution in [0.25, 0.3) is 0 Å². The average Bonchev–Trinajstić information content (AvgIpc) is 3.01. The fraction of sp³-hybridized carbons (Fsp3) is 0.529. The summed E-state index contributed by atoms with van der Waals surface area (Å²) in [6.07, 6.45) is 1.86. The molecule has 1 atom stereocenters. The summed E-state index contributed by atoms with van der Waals surface area (Å²) < 4.78 is 38.4. The van der Waals surface area contributed by atoms with Gasteiger partial charge in [0.1, 0.15) is 0 Å². The molecular weight excluding hydrogens is 379 g/mol. The number of alkyl halides is 3. The van der Waals surface area contributed by atoms with Gasteiger partial charge in [0.15, 0.2) is 10.8 Å². The van der Waals surface area contributed by atoms with Crippen LogP contribution in [0.3, 0.4) is 0 Å². The number of rotatable bonds is 5. The lowest BCUT2D eigenvalue weighted by molar-refractivity contribution is -0.141. The van der Waals surface area contributed by atoms with Gasteiger partial charge in [0.2, 0.25) is 5.91 Å². The fourth-order valence-corrected chi connectivity index (χ4v) is 4.11. The van der Waals surface area contributed by atoms with Crippen molar-refractivity contribution < 1.29 is 18.0 Å². The summed E-state index contributed by atoms with van der Waals surface area (Å²) in [5.41, 5.74) is -0.565. The van der Waals surface area contributed by atoms with Gasteiger partial charge >= 0.3 is 6.18 Å². The van der Waals surface area contributed by atoms with E-state index in [0.29, 0.717) is 23.8 Å². The normalized spacial score (nSPS) is 18.4. The van der Waals surface area contributed by atoms with Crippen molar-refractivity contribution in [3.8, 4) is 0 Å². The molecule has 6 nitrogen and oxygen atoms in total. The highest BCUT2D eigenvalue weighted by molar-refractivity contribution is 7.15. The Morgan fingerprint density at radius 3 is 2.93 bits per heavy atom. The lowest BCUT2D eigenvalue weighted by atomic mass is 9.93. The Kier molecular flexibility index (Phi) is 6.05. The van der Waals surface area contributed by atoms with E-state index in [1.54, 1.807) is 6.20 Å². The van der Waals surface area contributed by atoms with Crippen molar-refractivity contribution in [2.45, 2.75) is 38.9 Å². The monoisotopic (exact) mass is 399 g/mol. The number of thiazole rings is 1. The van der Waals surface area contributed by atoms with Gasteiger partial charge in [0, 0.05) is 37.3 Å². The number of hydrogen-bond acceptors (Lipinski definition) is 6. The Labute approximate surface area is 158 Å². The van der Waals surface area contributed by atoms with E-state index in [1.807, 2.05) is 0 Å². The molecule has 10 heteroatoms. The molecule has 0 radical (unpaired) electrons. The number of hydrogen-bond donors (Lipinski definition) is 1. The molecule has 0 aromatic carbocycles. The first kappa shape index (κ1) is 19.7. The highest BCUT2D eigenvalue weighted by Gasteiger charge is 2.33. The zero-order valence-electron chi connectivity index (χ0n) is 14.8. The molecule has 1 aliphatic heterocycles. The smallest absolute Gasteiger partial charge is 0.302 e. The molecule has 2 aromatic heterocycles. The van der Waals surface area contributed by atoms with Crippen molar-refractivity contribution in [2.75, 3.05) is 18.4 Å². The van der Waals surface area contributed by atoms with Crippen LogP contribution in [0.4, 0.5) is 18.3 Å². The molecule has 0 spiro atoms. The maximum Gasteiger partial charge on any atom is 0.434 e. The van der Waals surface area contributed by atoms with Gasteiger partial charge in [-0.3, -0.25) is 14.7 Å². The molecule has 1 saturated heterocycles. The van der Waals surface area contributed by atoms with E-state index < -0.39 is 11.9 Å². The number of amides is 1. The second-order valence-electron chi connectivity index (χ2n) is 6.65. The maximum atomic E-state index is 12.8. The van der Waals surface area contributed by atoms with Gasteiger partial charge in [0.25, 0.3) is 0 Å². The predicted octanol–water partition coefficient (Wildman–Crippen LogP) is 3.37. The summed E-state index contributed by atoms with van der Waals surface area (Å²) in [5, 5.41) is 3.24. The minimum Gasteiger partial charge on any atom is -0.302 e. The van der Waals surface area contributed by atoms with E-state index in [4.69, 9.17) is 0 Å². The molecule has 1 aliphatic rings. The second kappa shape index (κ2) is 8.30. The van der Waals surface area contributed by atoms with Gasteiger partial charge in [-0.2, -0.15) is 13.2 Å². The summed E-state index contributed by atoms with van der Waals surface area (Å²) in [6, 6.07) is 0.